The summed E-state index contributed by atoms with van der Waals surface area (Å²) in [5.41, 5.74) is 4.93. The van der Waals surface area contributed by atoms with E-state index < -0.39 is 18.1 Å². The Hall–Kier alpha value is -1.02. The van der Waals surface area contributed by atoms with Crippen LogP contribution in [-0.2, 0) is 14.3 Å². The summed E-state index contributed by atoms with van der Waals surface area (Å²) in [4.78, 5) is 19.2. The number of halogens is 4. The number of carbonyl (C=O) groups excluding carboxylic acids is 1. The van der Waals surface area contributed by atoms with Crippen LogP contribution in [0.25, 0.3) is 0 Å². The lowest BCUT2D eigenvalue weighted by Crippen LogP contribution is -2.21. The molecule has 0 bridgehead atoms. The van der Waals surface area contributed by atoms with Crippen LogP contribution in [0.3, 0.4) is 0 Å². The molecule has 0 saturated carbocycles. The van der Waals surface area contributed by atoms with Crippen LogP contribution in [0.15, 0.2) is 0 Å². The number of carbonyl (C=O) groups is 2. The summed E-state index contributed by atoms with van der Waals surface area (Å²) in [7, 11) is 0. The minimum Gasteiger partial charge on any atom is -0.475 e. The molecule has 0 aromatic rings. The highest BCUT2D eigenvalue weighted by molar-refractivity contribution is 14.1. The van der Waals surface area contributed by atoms with E-state index in [1.807, 2.05) is 22.6 Å². The van der Waals surface area contributed by atoms with Crippen LogP contribution in [-0.4, -0.2) is 36.4 Å². The van der Waals surface area contributed by atoms with Crippen molar-refractivity contribution >= 4 is 34.5 Å². The molecule has 0 aromatic carbocycles. The van der Waals surface area contributed by atoms with Crippen LogP contribution in [0, 0.1) is 9.85 Å². The van der Waals surface area contributed by atoms with Gasteiger partial charge in [0, 0.05) is 22.6 Å². The lowest BCUT2D eigenvalue weighted by Gasteiger charge is -1.93. The fraction of sp³-hybridized carbons (Fsp3) is 0.429. The Morgan fingerprint density at radius 1 is 1.44 bits per heavy atom. The molecule has 0 heterocycles. The molecule has 0 rings (SSSR count). The van der Waals surface area contributed by atoms with Crippen molar-refractivity contribution < 1.29 is 32.6 Å². The van der Waals surface area contributed by atoms with Crippen molar-refractivity contribution in [3.05, 3.63) is 0 Å². The maximum Gasteiger partial charge on any atom is 0.490 e. The van der Waals surface area contributed by atoms with Crippen LogP contribution in [0.4, 0.5) is 13.2 Å². The number of esters is 1. The Bertz CT molecular complexity index is 294. The topological polar surface area (TPSA) is 89.6 Å². The summed E-state index contributed by atoms with van der Waals surface area (Å²) in [6.45, 7) is 0.0574. The predicted octanol–water partition coefficient (Wildman–Crippen LogP) is 0.517. The lowest BCUT2D eigenvalue weighted by molar-refractivity contribution is -0.192. The van der Waals surface area contributed by atoms with E-state index in [1.54, 1.807) is 0 Å². The number of aliphatic carboxylic acids is 1. The maximum absolute atomic E-state index is 10.6. The summed E-state index contributed by atoms with van der Waals surface area (Å²) in [6.07, 6.45) is -5.08. The fourth-order valence-corrected chi connectivity index (χ4v) is 0.358. The van der Waals surface area contributed by atoms with Crippen molar-refractivity contribution in [2.75, 3.05) is 13.2 Å². The van der Waals surface area contributed by atoms with Crippen molar-refractivity contribution in [3.63, 3.8) is 0 Å². The monoisotopic (exact) mass is 353 g/mol. The molecule has 16 heavy (non-hydrogen) atoms. The largest absolute Gasteiger partial charge is 0.490 e. The first kappa shape index (κ1) is 17.4. The van der Waals surface area contributed by atoms with Gasteiger partial charge in [-0.2, -0.15) is 13.2 Å². The van der Waals surface area contributed by atoms with E-state index in [-0.39, 0.29) is 13.2 Å². The minimum absolute atomic E-state index is 0.0804. The van der Waals surface area contributed by atoms with Gasteiger partial charge in [-0.1, -0.05) is 5.92 Å². The number of alkyl halides is 3. The summed E-state index contributed by atoms with van der Waals surface area (Å²) in [5, 5.41) is 7.12. The summed E-state index contributed by atoms with van der Waals surface area (Å²) in [6, 6.07) is 0. The number of rotatable bonds is 2. The molecule has 0 amide bonds. The van der Waals surface area contributed by atoms with Crippen molar-refractivity contribution in [1.82, 2.24) is 0 Å². The van der Waals surface area contributed by atoms with Gasteiger partial charge in [-0.25, -0.2) is 4.79 Å². The highest BCUT2D eigenvalue weighted by Crippen LogP contribution is 2.13. The van der Waals surface area contributed by atoms with Gasteiger partial charge < -0.3 is 15.6 Å². The highest BCUT2D eigenvalue weighted by atomic mass is 127. The quantitative estimate of drug-likeness (QED) is 0.429. The third-order valence-electron chi connectivity index (χ3n) is 0.781. The van der Waals surface area contributed by atoms with Crippen LogP contribution >= 0.6 is 22.6 Å². The van der Waals surface area contributed by atoms with Crippen LogP contribution in [0.2, 0.25) is 0 Å². The molecule has 0 unspecified atom stereocenters. The molecule has 0 radical (unpaired) electrons. The van der Waals surface area contributed by atoms with E-state index in [1.165, 1.54) is 0 Å². The number of carboxylic acid groups (broad SMARTS) is 1. The highest BCUT2D eigenvalue weighted by Gasteiger charge is 2.38. The molecule has 0 aliphatic carbocycles. The second-order valence-corrected chi connectivity index (χ2v) is 2.48. The average Bonchev–Trinajstić information content (AvgIpc) is 2.17. The molecule has 3 N–H and O–H groups in total. The first-order valence-corrected chi connectivity index (χ1v) is 4.57. The molecular formula is C7H7F3INO4. The minimum atomic E-state index is -5.08. The van der Waals surface area contributed by atoms with Gasteiger partial charge in [-0.05, 0) is 3.93 Å². The first-order valence-electron chi connectivity index (χ1n) is 3.50. The molecule has 5 nitrogen and oxygen atoms in total. The van der Waals surface area contributed by atoms with E-state index in [9.17, 15) is 18.0 Å². The van der Waals surface area contributed by atoms with Crippen LogP contribution < -0.4 is 5.73 Å². The zero-order chi connectivity index (χ0) is 13.2. The number of ether oxygens (including phenoxy) is 1. The second-order valence-electron chi connectivity index (χ2n) is 1.94. The Morgan fingerprint density at radius 3 is 2.12 bits per heavy atom. The van der Waals surface area contributed by atoms with Crippen LogP contribution in [0.5, 0.6) is 0 Å². The summed E-state index contributed by atoms with van der Waals surface area (Å²) >= 11 is 1.86. The molecular weight excluding hydrogens is 346 g/mol. The van der Waals surface area contributed by atoms with Gasteiger partial charge in [0.15, 0.2) is 6.61 Å². The van der Waals surface area contributed by atoms with Gasteiger partial charge in [-0.15, -0.1) is 0 Å². The number of hydrogen-bond donors (Lipinski definition) is 2. The standard InChI is InChI=1S/C5H6INO2.C2HF3O2/c6-2-1-3-9-5(8)4-7;3-2(4,5)1(6)7/h3-4,7H2;(H,6,7). The third-order valence-corrected chi connectivity index (χ3v) is 1.16. The Balaban J connectivity index is 0. The van der Waals surface area contributed by atoms with E-state index >= 15 is 0 Å². The maximum atomic E-state index is 10.6. The molecule has 92 valence electrons. The summed E-state index contributed by atoms with van der Waals surface area (Å²) < 4.78 is 38.8. The Labute approximate surface area is 102 Å². The van der Waals surface area contributed by atoms with Gasteiger partial charge in [0.25, 0.3) is 0 Å². The summed E-state index contributed by atoms with van der Waals surface area (Å²) in [5.74, 6) is -0.627. The molecule has 0 fully saturated rings. The number of nitrogens with two attached hydrogens (primary N) is 1. The second kappa shape index (κ2) is 9.22. The molecule has 9 heteroatoms. The third kappa shape index (κ3) is 13.0. The first-order chi connectivity index (χ1) is 7.25. The molecule has 0 aliphatic rings. The zero-order valence-electron chi connectivity index (χ0n) is 7.68. The SMILES string of the molecule is NCC(=O)OCC#CI.O=C(O)C(F)(F)F. The van der Waals surface area contributed by atoms with E-state index in [0.717, 1.165) is 0 Å². The van der Waals surface area contributed by atoms with Crippen molar-refractivity contribution in [2.24, 2.45) is 5.73 Å². The number of carboxylic acids is 1. The van der Waals surface area contributed by atoms with E-state index in [0.29, 0.717) is 0 Å². The van der Waals surface area contributed by atoms with Gasteiger partial charge in [0.2, 0.25) is 0 Å². The van der Waals surface area contributed by atoms with E-state index in [2.05, 4.69) is 14.6 Å². The predicted molar refractivity (Wildman–Crippen MR) is 55.5 cm³/mol. The van der Waals surface area contributed by atoms with Crippen molar-refractivity contribution in [3.8, 4) is 9.85 Å². The van der Waals surface area contributed by atoms with Crippen molar-refractivity contribution in [1.29, 1.82) is 0 Å². The molecule has 0 spiro atoms. The lowest BCUT2D eigenvalue weighted by atomic mass is 10.7. The van der Waals surface area contributed by atoms with Gasteiger partial charge in [-0.3, -0.25) is 4.79 Å². The molecule has 0 aliphatic heterocycles. The van der Waals surface area contributed by atoms with Gasteiger partial charge >= 0.3 is 18.1 Å². The van der Waals surface area contributed by atoms with Gasteiger partial charge in [0.05, 0.1) is 6.54 Å². The van der Waals surface area contributed by atoms with E-state index in [4.69, 9.17) is 15.6 Å². The average molecular weight is 353 g/mol. The smallest absolute Gasteiger partial charge is 0.475 e. The fourth-order valence-electron chi connectivity index (χ4n) is 0.203. The Morgan fingerprint density at radius 2 is 1.88 bits per heavy atom. The van der Waals surface area contributed by atoms with Gasteiger partial charge in [0.1, 0.15) is 0 Å². The zero-order valence-corrected chi connectivity index (χ0v) is 9.83. The number of hydrogen-bond acceptors (Lipinski definition) is 4. The van der Waals surface area contributed by atoms with Crippen molar-refractivity contribution in [2.45, 2.75) is 6.18 Å². The normalized spacial score (nSPS) is 9.06. The molecule has 0 atom stereocenters. The molecule has 0 aromatic heterocycles. The molecule has 0 saturated heterocycles. The van der Waals surface area contributed by atoms with Crippen LogP contribution in [0.1, 0.15) is 0 Å². The Kier molecular flexibility index (Phi) is 10.0.